The minimum Gasteiger partial charge on any atom is -0.392 e. The number of carbonyl (C=O) groups excluding carboxylic acids is 3. The normalized spacial score (nSPS) is 17.3. The zero-order chi connectivity index (χ0) is 13.7. The van der Waals surface area contributed by atoms with Crippen molar-refractivity contribution in [3.8, 4) is 0 Å². The van der Waals surface area contributed by atoms with Crippen molar-refractivity contribution in [1.29, 1.82) is 0 Å². The van der Waals surface area contributed by atoms with Crippen molar-refractivity contribution in [1.82, 2.24) is 15.1 Å². The highest BCUT2D eigenvalue weighted by Gasteiger charge is 2.32. The van der Waals surface area contributed by atoms with Crippen LogP contribution in [0.4, 0.5) is 4.79 Å². The van der Waals surface area contributed by atoms with Crippen LogP contribution in [0.25, 0.3) is 0 Å². The van der Waals surface area contributed by atoms with Gasteiger partial charge in [-0.25, -0.2) is 4.79 Å². The van der Waals surface area contributed by atoms with Crippen LogP contribution in [0.5, 0.6) is 0 Å². The van der Waals surface area contributed by atoms with Crippen LogP contribution in [0.3, 0.4) is 0 Å². The molecule has 2 N–H and O–H groups in total. The molecule has 0 bridgehead atoms. The molecular formula is C11H19N3O4. The van der Waals surface area contributed by atoms with E-state index in [1.807, 2.05) is 0 Å². The van der Waals surface area contributed by atoms with Gasteiger partial charge in [-0.05, 0) is 13.3 Å². The van der Waals surface area contributed by atoms with Crippen molar-refractivity contribution in [3.63, 3.8) is 0 Å². The summed E-state index contributed by atoms with van der Waals surface area (Å²) in [5, 5.41) is 11.5. The predicted molar refractivity (Wildman–Crippen MR) is 63.7 cm³/mol. The lowest BCUT2D eigenvalue weighted by atomic mass is 10.2. The molecule has 1 heterocycles. The van der Waals surface area contributed by atoms with Crippen molar-refractivity contribution in [3.05, 3.63) is 0 Å². The number of carbonyl (C=O) groups is 3. The molecule has 0 aromatic carbocycles. The molecule has 0 aliphatic carbocycles. The quantitative estimate of drug-likeness (QED) is 0.607. The number of amides is 4. The first-order valence-electron chi connectivity index (χ1n) is 5.92. The Hall–Kier alpha value is -1.63. The topological polar surface area (TPSA) is 89.9 Å². The van der Waals surface area contributed by atoms with Crippen molar-refractivity contribution >= 4 is 17.8 Å². The maximum atomic E-state index is 11.5. The molecule has 1 rings (SSSR count). The summed E-state index contributed by atoms with van der Waals surface area (Å²) >= 11 is 0. The largest absolute Gasteiger partial charge is 0.392 e. The third-order valence-corrected chi connectivity index (χ3v) is 2.61. The summed E-state index contributed by atoms with van der Waals surface area (Å²) in [5.74, 6) is -0.421. The Labute approximate surface area is 106 Å². The number of hydrogen-bond donors (Lipinski definition) is 2. The van der Waals surface area contributed by atoms with Gasteiger partial charge in [-0.1, -0.05) is 0 Å². The fourth-order valence-electron chi connectivity index (χ4n) is 1.64. The average molecular weight is 257 g/mol. The van der Waals surface area contributed by atoms with Crippen LogP contribution < -0.4 is 5.32 Å². The third-order valence-electron chi connectivity index (χ3n) is 2.61. The van der Waals surface area contributed by atoms with Crippen LogP contribution in [-0.4, -0.2) is 65.5 Å². The average Bonchev–Trinajstić information content (AvgIpc) is 2.53. The van der Waals surface area contributed by atoms with E-state index in [9.17, 15) is 14.4 Å². The molecule has 18 heavy (non-hydrogen) atoms. The van der Waals surface area contributed by atoms with Crippen LogP contribution in [0, 0.1) is 0 Å². The first-order chi connectivity index (χ1) is 8.41. The molecule has 0 saturated carbocycles. The van der Waals surface area contributed by atoms with Crippen LogP contribution >= 0.6 is 0 Å². The minimum atomic E-state index is -0.579. The van der Waals surface area contributed by atoms with E-state index in [0.717, 1.165) is 4.90 Å². The van der Waals surface area contributed by atoms with E-state index in [1.165, 1.54) is 4.90 Å². The number of aliphatic hydroxyl groups excluding tert-OH is 1. The molecule has 1 atom stereocenters. The Balaban J connectivity index is 2.23. The molecule has 0 aromatic heterocycles. The zero-order valence-electron chi connectivity index (χ0n) is 10.7. The van der Waals surface area contributed by atoms with Gasteiger partial charge in [0.2, 0.25) is 11.8 Å². The van der Waals surface area contributed by atoms with Gasteiger partial charge in [0.15, 0.2) is 0 Å². The highest BCUT2D eigenvalue weighted by atomic mass is 16.3. The van der Waals surface area contributed by atoms with E-state index in [0.29, 0.717) is 6.42 Å². The number of likely N-dealkylation sites (N-methyl/N-ethyl adjacent to an activating group) is 1. The van der Waals surface area contributed by atoms with Gasteiger partial charge in [-0.15, -0.1) is 0 Å². The van der Waals surface area contributed by atoms with E-state index in [4.69, 9.17) is 5.11 Å². The minimum absolute atomic E-state index is 0.104. The SMILES string of the molecule is CC(O)CNC(=O)CCCN1C(=O)CN(C)C1=O. The first-order valence-corrected chi connectivity index (χ1v) is 5.92. The molecule has 0 radical (unpaired) electrons. The molecular weight excluding hydrogens is 238 g/mol. The van der Waals surface area contributed by atoms with Crippen molar-refractivity contribution in [2.75, 3.05) is 26.7 Å². The van der Waals surface area contributed by atoms with Gasteiger partial charge in [-0.3, -0.25) is 14.5 Å². The van der Waals surface area contributed by atoms with Crippen molar-refractivity contribution in [2.45, 2.75) is 25.9 Å². The molecule has 1 aliphatic rings. The lowest BCUT2D eigenvalue weighted by Gasteiger charge is -2.13. The van der Waals surface area contributed by atoms with Crippen LogP contribution in [0.15, 0.2) is 0 Å². The second-order valence-electron chi connectivity index (χ2n) is 4.44. The van der Waals surface area contributed by atoms with Crippen molar-refractivity contribution < 1.29 is 19.5 Å². The first kappa shape index (κ1) is 14.4. The van der Waals surface area contributed by atoms with E-state index < -0.39 is 6.10 Å². The standard InChI is InChI=1S/C11H19N3O4/c1-8(15)6-12-9(16)4-3-5-14-10(17)7-13(2)11(14)18/h8,15H,3-7H2,1-2H3,(H,12,16). The number of nitrogens with one attached hydrogen (secondary N) is 1. The lowest BCUT2D eigenvalue weighted by molar-refractivity contribution is -0.126. The number of hydrogen-bond acceptors (Lipinski definition) is 4. The monoisotopic (exact) mass is 257 g/mol. The molecule has 102 valence electrons. The van der Waals surface area contributed by atoms with Gasteiger partial charge in [-0.2, -0.15) is 0 Å². The zero-order valence-corrected chi connectivity index (χ0v) is 10.7. The van der Waals surface area contributed by atoms with Gasteiger partial charge >= 0.3 is 6.03 Å². The summed E-state index contributed by atoms with van der Waals surface area (Å²) in [6.45, 7) is 2.15. The smallest absolute Gasteiger partial charge is 0.326 e. The number of nitrogens with zero attached hydrogens (tertiary/aromatic N) is 2. The Morgan fingerprint density at radius 1 is 1.50 bits per heavy atom. The lowest BCUT2D eigenvalue weighted by Crippen LogP contribution is -2.34. The molecule has 0 spiro atoms. The predicted octanol–water partition coefficient (Wildman–Crippen LogP) is -0.842. The third kappa shape index (κ3) is 3.99. The van der Waals surface area contributed by atoms with E-state index in [-0.39, 0.29) is 43.9 Å². The summed E-state index contributed by atoms with van der Waals surface area (Å²) in [6, 6.07) is -0.315. The highest BCUT2D eigenvalue weighted by molar-refractivity contribution is 6.01. The Morgan fingerprint density at radius 3 is 2.67 bits per heavy atom. The number of urea groups is 1. The molecule has 0 aromatic rings. The Morgan fingerprint density at radius 2 is 2.17 bits per heavy atom. The summed E-state index contributed by atoms with van der Waals surface area (Å²) in [4.78, 5) is 36.7. The molecule has 7 heteroatoms. The number of aliphatic hydroxyl groups is 1. The summed E-state index contributed by atoms with van der Waals surface area (Å²) in [6.07, 6.45) is 0.0779. The molecule has 1 fully saturated rings. The van der Waals surface area contributed by atoms with E-state index >= 15 is 0 Å². The molecule has 1 saturated heterocycles. The molecule has 1 aliphatic heterocycles. The maximum Gasteiger partial charge on any atom is 0.326 e. The van der Waals surface area contributed by atoms with Crippen LogP contribution in [0.2, 0.25) is 0 Å². The van der Waals surface area contributed by atoms with Crippen molar-refractivity contribution in [2.24, 2.45) is 0 Å². The molecule has 7 nitrogen and oxygen atoms in total. The Bertz CT molecular complexity index is 343. The highest BCUT2D eigenvalue weighted by Crippen LogP contribution is 2.08. The Kier molecular flexibility index (Phi) is 5.08. The number of rotatable bonds is 6. The van der Waals surface area contributed by atoms with Gasteiger partial charge in [0.05, 0.1) is 6.10 Å². The molecule has 1 unspecified atom stereocenters. The summed E-state index contributed by atoms with van der Waals surface area (Å²) in [5.41, 5.74) is 0. The summed E-state index contributed by atoms with van der Waals surface area (Å²) < 4.78 is 0. The van der Waals surface area contributed by atoms with Crippen LogP contribution in [-0.2, 0) is 9.59 Å². The van der Waals surface area contributed by atoms with Gasteiger partial charge < -0.3 is 15.3 Å². The fraction of sp³-hybridized carbons (Fsp3) is 0.727. The maximum absolute atomic E-state index is 11.5. The summed E-state index contributed by atoms with van der Waals surface area (Å²) in [7, 11) is 1.57. The van der Waals surface area contributed by atoms with E-state index in [2.05, 4.69) is 5.32 Å². The second-order valence-corrected chi connectivity index (χ2v) is 4.44. The second kappa shape index (κ2) is 6.34. The van der Waals surface area contributed by atoms with Gasteiger partial charge in [0, 0.05) is 26.6 Å². The number of imide groups is 1. The van der Waals surface area contributed by atoms with Gasteiger partial charge in [0.25, 0.3) is 0 Å². The van der Waals surface area contributed by atoms with E-state index in [1.54, 1.807) is 14.0 Å². The van der Waals surface area contributed by atoms with Gasteiger partial charge in [0.1, 0.15) is 6.54 Å². The van der Waals surface area contributed by atoms with Crippen LogP contribution in [0.1, 0.15) is 19.8 Å². The molecule has 4 amide bonds. The fourth-order valence-corrected chi connectivity index (χ4v) is 1.64.